The summed E-state index contributed by atoms with van der Waals surface area (Å²) in [4.78, 5) is 27.3. The monoisotopic (exact) mass is 460 g/mol. The Balaban J connectivity index is 1.71. The summed E-state index contributed by atoms with van der Waals surface area (Å²) in [5.41, 5.74) is 3.99. The lowest BCUT2D eigenvalue weighted by molar-refractivity contribution is 0.0526. The van der Waals surface area contributed by atoms with Crippen LogP contribution in [-0.2, 0) is 4.74 Å². The van der Waals surface area contributed by atoms with Gasteiger partial charge in [0.25, 0.3) is 0 Å². The van der Waals surface area contributed by atoms with Gasteiger partial charge in [-0.2, -0.15) is 0 Å². The normalized spacial score (nSPS) is 10.7. The van der Waals surface area contributed by atoms with Crippen LogP contribution in [0.4, 0.5) is 10.9 Å². The van der Waals surface area contributed by atoms with Gasteiger partial charge in [0, 0.05) is 22.2 Å². The lowest BCUT2D eigenvalue weighted by atomic mass is 10.1. The number of methoxy groups -OCH3 is 1. The summed E-state index contributed by atoms with van der Waals surface area (Å²) in [6.07, 6.45) is 1.49. The van der Waals surface area contributed by atoms with Crippen molar-refractivity contribution in [2.75, 3.05) is 19.0 Å². The number of nitrogens with one attached hydrogen (secondary N) is 1. The predicted octanol–water partition coefficient (Wildman–Crippen LogP) is 5.81. The van der Waals surface area contributed by atoms with E-state index in [1.165, 1.54) is 17.5 Å². The molecule has 168 valence electrons. The molecule has 0 amide bonds. The number of esters is 1. The molecule has 0 bridgehead atoms. The van der Waals surface area contributed by atoms with E-state index in [-0.39, 0.29) is 12.2 Å². The molecule has 0 unspecified atom stereocenters. The van der Waals surface area contributed by atoms with Crippen molar-refractivity contribution in [3.63, 3.8) is 0 Å². The number of carbonyl (C=O) groups excluding carboxylic acids is 1. The highest BCUT2D eigenvalue weighted by atomic mass is 32.1. The Morgan fingerprint density at radius 3 is 2.55 bits per heavy atom. The third-order valence-corrected chi connectivity index (χ3v) is 5.89. The van der Waals surface area contributed by atoms with Gasteiger partial charge < -0.3 is 14.8 Å². The Bertz CT molecular complexity index is 1290. The number of hydrogen-bond donors (Lipinski definition) is 1. The van der Waals surface area contributed by atoms with E-state index in [4.69, 9.17) is 14.5 Å². The van der Waals surface area contributed by atoms with Crippen LogP contribution in [0.1, 0.15) is 27.7 Å². The first kappa shape index (κ1) is 22.4. The Labute approximate surface area is 196 Å². The van der Waals surface area contributed by atoms with E-state index in [9.17, 15) is 4.79 Å². The first-order valence-electron chi connectivity index (χ1n) is 10.5. The van der Waals surface area contributed by atoms with Crippen LogP contribution >= 0.6 is 11.3 Å². The Kier molecular flexibility index (Phi) is 6.65. The van der Waals surface area contributed by atoms with Gasteiger partial charge in [-0.15, -0.1) is 11.3 Å². The number of carbonyl (C=O) groups is 1. The summed E-state index contributed by atoms with van der Waals surface area (Å²) in [5, 5.41) is 3.85. The van der Waals surface area contributed by atoms with Gasteiger partial charge in [0.1, 0.15) is 11.3 Å². The Morgan fingerprint density at radius 2 is 1.85 bits per heavy atom. The molecule has 0 atom stereocenters. The molecule has 4 aromatic rings. The second-order valence-electron chi connectivity index (χ2n) is 7.28. The number of nitrogens with zero attached hydrogens (tertiary/aromatic N) is 3. The highest BCUT2D eigenvalue weighted by Crippen LogP contribution is 2.34. The molecule has 2 aromatic heterocycles. The highest BCUT2D eigenvalue weighted by molar-refractivity contribution is 7.16. The molecule has 0 fully saturated rings. The molecule has 0 aliphatic heterocycles. The molecule has 7 nitrogen and oxygen atoms in total. The van der Waals surface area contributed by atoms with Crippen molar-refractivity contribution < 1.29 is 14.3 Å². The fourth-order valence-corrected chi connectivity index (χ4v) is 4.24. The maximum atomic E-state index is 12.5. The molecule has 0 aliphatic carbocycles. The number of aromatic nitrogens is 3. The summed E-state index contributed by atoms with van der Waals surface area (Å²) < 4.78 is 10.6. The molecule has 0 saturated heterocycles. The van der Waals surface area contributed by atoms with Gasteiger partial charge in [-0.05, 0) is 44.5 Å². The number of benzene rings is 2. The highest BCUT2D eigenvalue weighted by Gasteiger charge is 2.19. The minimum absolute atomic E-state index is 0.256. The second kappa shape index (κ2) is 9.79. The molecule has 4 rings (SSSR count). The largest absolute Gasteiger partial charge is 0.496 e. The molecule has 0 saturated carbocycles. The molecule has 1 N–H and O–H groups in total. The van der Waals surface area contributed by atoms with E-state index < -0.39 is 5.97 Å². The molecule has 2 aromatic carbocycles. The third kappa shape index (κ3) is 4.85. The minimum atomic E-state index is -0.487. The molecular formula is C25H24N4O3S. The zero-order chi connectivity index (χ0) is 23.4. The van der Waals surface area contributed by atoms with E-state index in [2.05, 4.69) is 15.3 Å². The van der Waals surface area contributed by atoms with Crippen molar-refractivity contribution >= 4 is 28.3 Å². The fourth-order valence-electron chi connectivity index (χ4n) is 3.41. The smallest absolute Gasteiger partial charge is 0.343 e. The summed E-state index contributed by atoms with van der Waals surface area (Å²) >= 11 is 1.49. The lowest BCUT2D eigenvalue weighted by Gasteiger charge is -2.10. The van der Waals surface area contributed by atoms with Crippen molar-refractivity contribution in [2.24, 2.45) is 0 Å². The van der Waals surface area contributed by atoms with Crippen molar-refractivity contribution in [1.29, 1.82) is 0 Å². The van der Waals surface area contributed by atoms with Gasteiger partial charge in [-0.25, -0.2) is 19.7 Å². The average molecular weight is 461 g/mol. The van der Waals surface area contributed by atoms with E-state index in [0.29, 0.717) is 16.8 Å². The maximum Gasteiger partial charge on any atom is 0.343 e. The number of aryl methyl sites for hydroxylation is 2. The van der Waals surface area contributed by atoms with Gasteiger partial charge in [0.05, 0.1) is 19.4 Å². The summed E-state index contributed by atoms with van der Waals surface area (Å²) in [5.74, 6) is 1.20. The van der Waals surface area contributed by atoms with Crippen LogP contribution in [0.5, 0.6) is 5.75 Å². The maximum absolute atomic E-state index is 12.5. The quantitative estimate of drug-likeness (QED) is 0.348. The van der Waals surface area contributed by atoms with E-state index in [1.54, 1.807) is 14.0 Å². The Morgan fingerprint density at radius 1 is 1.06 bits per heavy atom. The molecule has 0 spiro atoms. The van der Waals surface area contributed by atoms with Crippen LogP contribution in [0.3, 0.4) is 0 Å². The topological polar surface area (TPSA) is 86.2 Å². The van der Waals surface area contributed by atoms with Crippen LogP contribution in [0.25, 0.3) is 22.6 Å². The molecule has 2 heterocycles. The van der Waals surface area contributed by atoms with Crippen LogP contribution in [0.2, 0.25) is 0 Å². The lowest BCUT2D eigenvalue weighted by Crippen LogP contribution is -2.11. The Hall–Kier alpha value is -3.78. The molecule has 0 aliphatic rings. The molecule has 0 radical (unpaired) electrons. The summed E-state index contributed by atoms with van der Waals surface area (Å²) in [7, 11) is 1.66. The first-order valence-corrected chi connectivity index (χ1v) is 11.3. The van der Waals surface area contributed by atoms with Crippen LogP contribution in [0, 0.1) is 13.8 Å². The SMILES string of the molecule is CCOC(=O)c1cnc(-c2ccccc2)nc1Nc1nc(-c2ccc(OC)c(C)c2)c(C)s1. The zero-order valence-electron chi connectivity index (χ0n) is 18.9. The van der Waals surface area contributed by atoms with Crippen LogP contribution in [-0.4, -0.2) is 34.6 Å². The number of anilines is 2. The zero-order valence-corrected chi connectivity index (χ0v) is 19.7. The van der Waals surface area contributed by atoms with E-state index in [1.807, 2.05) is 62.4 Å². The van der Waals surface area contributed by atoms with Crippen LogP contribution < -0.4 is 10.1 Å². The third-order valence-electron chi connectivity index (χ3n) is 5.01. The number of thiazole rings is 1. The second-order valence-corrected chi connectivity index (χ2v) is 8.48. The summed E-state index contributed by atoms with van der Waals surface area (Å²) in [6.45, 7) is 6.04. The number of hydrogen-bond acceptors (Lipinski definition) is 8. The van der Waals surface area contributed by atoms with Gasteiger partial charge in [0.15, 0.2) is 16.8 Å². The average Bonchev–Trinajstić information content (AvgIpc) is 3.19. The molecular weight excluding hydrogens is 436 g/mol. The fraction of sp³-hybridized carbons (Fsp3) is 0.200. The van der Waals surface area contributed by atoms with E-state index in [0.717, 1.165) is 33.0 Å². The molecule has 33 heavy (non-hydrogen) atoms. The number of rotatable bonds is 7. The van der Waals surface area contributed by atoms with Crippen molar-refractivity contribution in [3.8, 4) is 28.4 Å². The van der Waals surface area contributed by atoms with Gasteiger partial charge in [-0.3, -0.25) is 0 Å². The van der Waals surface area contributed by atoms with Crippen LogP contribution in [0.15, 0.2) is 54.7 Å². The van der Waals surface area contributed by atoms with Gasteiger partial charge in [-0.1, -0.05) is 30.3 Å². The van der Waals surface area contributed by atoms with Crippen molar-refractivity contribution in [1.82, 2.24) is 15.0 Å². The number of ether oxygens (including phenoxy) is 2. The summed E-state index contributed by atoms with van der Waals surface area (Å²) in [6, 6.07) is 15.6. The van der Waals surface area contributed by atoms with Gasteiger partial charge in [0.2, 0.25) is 0 Å². The first-order chi connectivity index (χ1) is 16.0. The van der Waals surface area contributed by atoms with Gasteiger partial charge >= 0.3 is 5.97 Å². The van der Waals surface area contributed by atoms with Crippen molar-refractivity contribution in [3.05, 3.63) is 70.7 Å². The standard InChI is InChI=1S/C25H24N4O3S/c1-5-32-24(30)19-14-26-22(17-9-7-6-8-10-17)28-23(19)29-25-27-21(16(3)33-25)18-11-12-20(31-4)15(2)13-18/h6-14H,5H2,1-4H3,(H,26,27,28,29). The predicted molar refractivity (Wildman–Crippen MR) is 130 cm³/mol. The molecule has 8 heteroatoms. The minimum Gasteiger partial charge on any atom is -0.496 e. The van der Waals surface area contributed by atoms with Crippen molar-refractivity contribution in [2.45, 2.75) is 20.8 Å². The van der Waals surface area contributed by atoms with E-state index >= 15 is 0 Å².